The highest BCUT2D eigenvalue weighted by Gasteiger charge is 2.12. The number of rotatable bonds is 2. The van der Waals surface area contributed by atoms with Crippen molar-refractivity contribution in [2.75, 3.05) is 5.32 Å². The van der Waals surface area contributed by atoms with Crippen LogP contribution in [0.5, 0.6) is 0 Å². The third kappa shape index (κ3) is 1.86. The minimum absolute atomic E-state index is 0.279. The monoisotopic (exact) mass is 241 g/mol. The Morgan fingerprint density at radius 2 is 2.17 bits per heavy atom. The molecule has 0 spiro atoms. The zero-order chi connectivity index (χ0) is 12.5. The van der Waals surface area contributed by atoms with Crippen molar-refractivity contribution in [3.8, 4) is 0 Å². The first-order chi connectivity index (χ1) is 8.72. The molecule has 0 aliphatic carbocycles. The Morgan fingerprint density at radius 1 is 1.33 bits per heavy atom. The van der Waals surface area contributed by atoms with Crippen molar-refractivity contribution in [2.45, 2.75) is 0 Å². The van der Waals surface area contributed by atoms with Crippen LogP contribution in [-0.4, -0.2) is 15.7 Å². The summed E-state index contributed by atoms with van der Waals surface area (Å²) in [4.78, 5) is 11.9. The van der Waals surface area contributed by atoms with E-state index in [4.69, 9.17) is 4.42 Å². The van der Waals surface area contributed by atoms with Gasteiger partial charge in [0.2, 0.25) is 0 Å². The van der Waals surface area contributed by atoms with E-state index in [1.807, 2.05) is 24.3 Å². The summed E-state index contributed by atoms with van der Waals surface area (Å²) >= 11 is 0. The minimum Gasteiger partial charge on any atom is -0.451 e. The molecule has 18 heavy (non-hydrogen) atoms. The molecule has 3 aromatic rings. The molecule has 0 radical (unpaired) electrons. The largest absolute Gasteiger partial charge is 0.451 e. The standard InChI is InChI=1S/C13H11N3O2/c1-16-7-6-12(15-16)14-13(17)11-8-9-4-2-3-5-10(9)18-11/h2-8H,1H3,(H,14,15,17). The number of carbonyl (C=O) groups excluding carboxylic acids is 1. The van der Waals surface area contributed by atoms with Crippen LogP contribution in [0.3, 0.4) is 0 Å². The van der Waals surface area contributed by atoms with Crippen LogP contribution in [-0.2, 0) is 7.05 Å². The number of anilines is 1. The molecule has 5 heteroatoms. The lowest BCUT2D eigenvalue weighted by atomic mass is 10.2. The summed E-state index contributed by atoms with van der Waals surface area (Å²) in [6.07, 6.45) is 1.76. The van der Waals surface area contributed by atoms with Gasteiger partial charge < -0.3 is 9.73 Å². The third-order valence-corrected chi connectivity index (χ3v) is 2.60. The molecule has 0 saturated heterocycles. The smallest absolute Gasteiger partial charge is 0.292 e. The number of nitrogens with one attached hydrogen (secondary N) is 1. The lowest BCUT2D eigenvalue weighted by Crippen LogP contribution is -2.11. The molecule has 0 atom stereocenters. The Labute approximate surface area is 103 Å². The van der Waals surface area contributed by atoms with Crippen molar-refractivity contribution in [3.63, 3.8) is 0 Å². The molecule has 2 aromatic heterocycles. The van der Waals surface area contributed by atoms with Crippen LogP contribution >= 0.6 is 0 Å². The molecule has 1 N–H and O–H groups in total. The summed E-state index contributed by atoms with van der Waals surface area (Å²) in [7, 11) is 1.79. The first-order valence-electron chi connectivity index (χ1n) is 5.52. The van der Waals surface area contributed by atoms with Crippen molar-refractivity contribution in [1.29, 1.82) is 0 Å². The van der Waals surface area contributed by atoms with E-state index < -0.39 is 0 Å². The molecule has 5 nitrogen and oxygen atoms in total. The molecule has 0 aliphatic heterocycles. The van der Waals surface area contributed by atoms with Gasteiger partial charge >= 0.3 is 0 Å². The van der Waals surface area contributed by atoms with Crippen LogP contribution < -0.4 is 5.32 Å². The number of hydrogen-bond donors (Lipinski definition) is 1. The number of nitrogens with zero attached hydrogens (tertiary/aromatic N) is 2. The molecule has 0 fully saturated rings. The number of carbonyl (C=O) groups is 1. The normalized spacial score (nSPS) is 10.7. The maximum Gasteiger partial charge on any atom is 0.292 e. The molecule has 0 saturated carbocycles. The molecule has 90 valence electrons. The van der Waals surface area contributed by atoms with Crippen LogP contribution in [0.15, 0.2) is 47.0 Å². The summed E-state index contributed by atoms with van der Waals surface area (Å²) < 4.78 is 7.08. The topological polar surface area (TPSA) is 60.1 Å². The molecule has 3 rings (SSSR count). The van der Waals surface area contributed by atoms with Gasteiger partial charge in [-0.05, 0) is 12.1 Å². The number of fused-ring (bicyclic) bond motifs is 1. The number of furan rings is 1. The SMILES string of the molecule is Cn1ccc(NC(=O)c2cc3ccccc3o2)n1. The summed E-state index contributed by atoms with van der Waals surface area (Å²) in [6, 6.07) is 10.9. The second kappa shape index (κ2) is 4.03. The maximum absolute atomic E-state index is 11.9. The molecular formula is C13H11N3O2. The number of amides is 1. The van der Waals surface area contributed by atoms with Gasteiger partial charge in [0.25, 0.3) is 5.91 Å². The van der Waals surface area contributed by atoms with Gasteiger partial charge in [0.15, 0.2) is 11.6 Å². The van der Waals surface area contributed by atoms with E-state index in [1.54, 1.807) is 30.1 Å². The number of aryl methyl sites for hydroxylation is 1. The van der Waals surface area contributed by atoms with Gasteiger partial charge in [0, 0.05) is 24.7 Å². The second-order valence-corrected chi connectivity index (χ2v) is 3.98. The van der Waals surface area contributed by atoms with Gasteiger partial charge in [-0.25, -0.2) is 0 Å². The molecule has 2 heterocycles. The Morgan fingerprint density at radius 3 is 2.89 bits per heavy atom. The Hall–Kier alpha value is -2.56. The van der Waals surface area contributed by atoms with Gasteiger partial charge in [-0.1, -0.05) is 18.2 Å². The highest BCUT2D eigenvalue weighted by atomic mass is 16.3. The fraction of sp³-hybridized carbons (Fsp3) is 0.0769. The summed E-state index contributed by atoms with van der Waals surface area (Å²) in [5.74, 6) is 0.481. The van der Waals surface area contributed by atoms with E-state index in [0.29, 0.717) is 11.4 Å². The fourth-order valence-electron chi connectivity index (χ4n) is 1.75. The average Bonchev–Trinajstić information content (AvgIpc) is 2.95. The quantitative estimate of drug-likeness (QED) is 0.749. The minimum atomic E-state index is -0.301. The first kappa shape index (κ1) is 10.6. The van der Waals surface area contributed by atoms with Crippen LogP contribution in [0.2, 0.25) is 0 Å². The van der Waals surface area contributed by atoms with Crippen LogP contribution in [0.1, 0.15) is 10.6 Å². The van der Waals surface area contributed by atoms with Gasteiger partial charge in [0.1, 0.15) is 5.58 Å². The molecule has 0 bridgehead atoms. The van der Waals surface area contributed by atoms with E-state index in [9.17, 15) is 4.79 Å². The highest BCUT2D eigenvalue weighted by Crippen LogP contribution is 2.19. The zero-order valence-corrected chi connectivity index (χ0v) is 9.75. The van der Waals surface area contributed by atoms with E-state index in [0.717, 1.165) is 5.39 Å². The first-order valence-corrected chi connectivity index (χ1v) is 5.52. The molecular weight excluding hydrogens is 230 g/mol. The van der Waals surface area contributed by atoms with E-state index in [2.05, 4.69) is 10.4 Å². The van der Waals surface area contributed by atoms with Crippen LogP contribution in [0.25, 0.3) is 11.0 Å². The lowest BCUT2D eigenvalue weighted by Gasteiger charge is -1.97. The van der Waals surface area contributed by atoms with Crippen molar-refractivity contribution in [2.24, 2.45) is 7.05 Å². The predicted octanol–water partition coefficient (Wildman–Crippen LogP) is 2.42. The summed E-state index contributed by atoms with van der Waals surface area (Å²) in [5, 5.41) is 7.65. The Kier molecular flexibility index (Phi) is 2.37. The fourth-order valence-corrected chi connectivity index (χ4v) is 1.75. The molecule has 1 aromatic carbocycles. The maximum atomic E-state index is 11.9. The molecule has 0 aliphatic rings. The van der Waals surface area contributed by atoms with Gasteiger partial charge in [0.05, 0.1) is 0 Å². The number of hydrogen-bond acceptors (Lipinski definition) is 3. The van der Waals surface area contributed by atoms with E-state index >= 15 is 0 Å². The molecule has 1 amide bonds. The number of aromatic nitrogens is 2. The number of benzene rings is 1. The second-order valence-electron chi connectivity index (χ2n) is 3.98. The van der Waals surface area contributed by atoms with Crippen molar-refractivity contribution in [3.05, 3.63) is 48.4 Å². The van der Waals surface area contributed by atoms with Crippen molar-refractivity contribution < 1.29 is 9.21 Å². The van der Waals surface area contributed by atoms with Crippen molar-refractivity contribution in [1.82, 2.24) is 9.78 Å². The van der Waals surface area contributed by atoms with Crippen LogP contribution in [0, 0.1) is 0 Å². The van der Waals surface area contributed by atoms with Crippen LogP contribution in [0.4, 0.5) is 5.82 Å². The Balaban J connectivity index is 1.87. The molecule has 0 unspecified atom stereocenters. The van der Waals surface area contributed by atoms with E-state index in [1.165, 1.54) is 0 Å². The average molecular weight is 241 g/mol. The zero-order valence-electron chi connectivity index (χ0n) is 9.75. The highest BCUT2D eigenvalue weighted by molar-refractivity contribution is 6.04. The summed E-state index contributed by atoms with van der Waals surface area (Å²) in [6.45, 7) is 0. The van der Waals surface area contributed by atoms with Gasteiger partial charge in [-0.15, -0.1) is 0 Å². The third-order valence-electron chi connectivity index (χ3n) is 2.60. The van der Waals surface area contributed by atoms with E-state index in [-0.39, 0.29) is 11.7 Å². The summed E-state index contributed by atoms with van der Waals surface area (Å²) in [5.41, 5.74) is 0.698. The predicted molar refractivity (Wildman–Crippen MR) is 67.4 cm³/mol. The number of para-hydroxylation sites is 1. The van der Waals surface area contributed by atoms with Gasteiger partial charge in [-0.3, -0.25) is 9.48 Å². The van der Waals surface area contributed by atoms with Crippen molar-refractivity contribution >= 4 is 22.7 Å². The van der Waals surface area contributed by atoms with Gasteiger partial charge in [-0.2, -0.15) is 5.10 Å². The lowest BCUT2D eigenvalue weighted by molar-refractivity contribution is 0.0998. The Bertz CT molecular complexity index is 679.